The average molecular weight is 187 g/mol. The molecule has 0 spiro atoms. The maximum Gasteiger partial charge on any atom is 0.161 e. The van der Waals surface area contributed by atoms with Gasteiger partial charge < -0.3 is 5.32 Å². The highest BCUT2D eigenvalue weighted by Crippen LogP contribution is 2.26. The van der Waals surface area contributed by atoms with E-state index in [9.17, 15) is 13.2 Å². The van der Waals surface area contributed by atoms with E-state index in [-0.39, 0.29) is 11.6 Å². The van der Waals surface area contributed by atoms with Crippen molar-refractivity contribution < 1.29 is 13.2 Å². The molecular formula is C9H8F3N. The van der Waals surface area contributed by atoms with E-state index < -0.39 is 17.5 Å². The first-order valence-corrected chi connectivity index (χ1v) is 4.06. The predicted molar refractivity (Wildman–Crippen MR) is 41.7 cm³/mol. The standard InChI is InChI=1S/C9H8F3N/c10-6-4-8(12)7(11)3-5(6)9-1-2-13-9/h3-4,9,13H,1-2H2. The van der Waals surface area contributed by atoms with E-state index in [2.05, 4.69) is 5.32 Å². The summed E-state index contributed by atoms with van der Waals surface area (Å²) in [6, 6.07) is 1.35. The van der Waals surface area contributed by atoms with Gasteiger partial charge in [-0.1, -0.05) is 0 Å². The van der Waals surface area contributed by atoms with Crippen LogP contribution in [0.4, 0.5) is 13.2 Å². The molecule has 2 rings (SSSR count). The van der Waals surface area contributed by atoms with Crippen molar-refractivity contribution in [1.82, 2.24) is 5.32 Å². The molecule has 0 saturated carbocycles. The Morgan fingerprint density at radius 3 is 2.23 bits per heavy atom. The minimum absolute atomic E-state index is 0.157. The highest BCUT2D eigenvalue weighted by molar-refractivity contribution is 5.24. The summed E-state index contributed by atoms with van der Waals surface area (Å²) in [5.74, 6) is -2.82. The predicted octanol–water partition coefficient (Wildman–Crippen LogP) is 2.14. The van der Waals surface area contributed by atoms with Crippen molar-refractivity contribution in [1.29, 1.82) is 0 Å². The molecule has 0 amide bonds. The van der Waals surface area contributed by atoms with Crippen LogP contribution in [0, 0.1) is 17.5 Å². The number of rotatable bonds is 1. The third-order valence-corrected chi connectivity index (χ3v) is 2.24. The summed E-state index contributed by atoms with van der Waals surface area (Å²) in [6.45, 7) is 0.795. The molecule has 1 nitrogen and oxygen atoms in total. The first kappa shape index (κ1) is 8.56. The molecule has 70 valence electrons. The maximum atomic E-state index is 13.1. The van der Waals surface area contributed by atoms with Crippen LogP contribution in [0.1, 0.15) is 18.0 Å². The van der Waals surface area contributed by atoms with Gasteiger partial charge in [-0.15, -0.1) is 0 Å². The molecule has 1 aliphatic rings. The zero-order valence-electron chi connectivity index (χ0n) is 6.78. The van der Waals surface area contributed by atoms with E-state index in [4.69, 9.17) is 0 Å². The normalized spacial score (nSPS) is 21.3. The summed E-state index contributed by atoms with van der Waals surface area (Å²) in [6.07, 6.45) is 0.766. The van der Waals surface area contributed by atoms with E-state index in [1.54, 1.807) is 0 Å². The summed E-state index contributed by atoms with van der Waals surface area (Å²) in [5.41, 5.74) is 0.213. The minimum Gasteiger partial charge on any atom is -0.310 e. The zero-order valence-corrected chi connectivity index (χ0v) is 6.78. The van der Waals surface area contributed by atoms with Gasteiger partial charge in [0.25, 0.3) is 0 Å². The van der Waals surface area contributed by atoms with Crippen LogP contribution in [0.3, 0.4) is 0 Å². The van der Waals surface area contributed by atoms with Crippen molar-refractivity contribution in [2.75, 3.05) is 6.54 Å². The van der Waals surface area contributed by atoms with Gasteiger partial charge in [0.2, 0.25) is 0 Å². The molecular weight excluding hydrogens is 179 g/mol. The molecule has 13 heavy (non-hydrogen) atoms. The topological polar surface area (TPSA) is 12.0 Å². The van der Waals surface area contributed by atoms with Gasteiger partial charge in [0.05, 0.1) is 0 Å². The van der Waals surface area contributed by atoms with Gasteiger partial charge in [-0.2, -0.15) is 0 Å². The number of halogens is 3. The summed E-state index contributed by atoms with van der Waals surface area (Å²) in [7, 11) is 0. The average Bonchev–Trinajstić information content (AvgIpc) is 1.96. The van der Waals surface area contributed by atoms with Crippen LogP contribution in [0.2, 0.25) is 0 Å². The Labute approximate surface area is 73.6 Å². The van der Waals surface area contributed by atoms with Gasteiger partial charge in [0, 0.05) is 17.7 Å². The fourth-order valence-electron chi connectivity index (χ4n) is 1.36. The Kier molecular flexibility index (Phi) is 2.00. The Hall–Kier alpha value is -1.03. The lowest BCUT2D eigenvalue weighted by Gasteiger charge is -2.28. The van der Waals surface area contributed by atoms with Crippen molar-refractivity contribution in [3.63, 3.8) is 0 Å². The molecule has 1 heterocycles. The van der Waals surface area contributed by atoms with Crippen molar-refractivity contribution in [2.24, 2.45) is 0 Å². The lowest BCUT2D eigenvalue weighted by molar-refractivity contribution is 0.365. The molecule has 1 fully saturated rings. The monoisotopic (exact) mass is 187 g/mol. The Morgan fingerprint density at radius 2 is 1.69 bits per heavy atom. The Balaban J connectivity index is 2.39. The van der Waals surface area contributed by atoms with Crippen molar-refractivity contribution in [2.45, 2.75) is 12.5 Å². The van der Waals surface area contributed by atoms with Crippen LogP contribution in [-0.2, 0) is 0 Å². The minimum atomic E-state index is -1.14. The van der Waals surface area contributed by atoms with E-state index >= 15 is 0 Å². The molecule has 1 aliphatic heterocycles. The maximum absolute atomic E-state index is 13.1. The van der Waals surface area contributed by atoms with Gasteiger partial charge in [0.15, 0.2) is 11.6 Å². The second-order valence-corrected chi connectivity index (χ2v) is 3.08. The third-order valence-electron chi connectivity index (χ3n) is 2.24. The van der Waals surface area contributed by atoms with Gasteiger partial charge in [0.1, 0.15) is 5.82 Å². The summed E-state index contributed by atoms with van der Waals surface area (Å²) < 4.78 is 38.3. The van der Waals surface area contributed by atoms with Crippen LogP contribution in [0.15, 0.2) is 12.1 Å². The van der Waals surface area contributed by atoms with Crippen LogP contribution in [0.25, 0.3) is 0 Å². The smallest absolute Gasteiger partial charge is 0.161 e. The second-order valence-electron chi connectivity index (χ2n) is 3.08. The summed E-state index contributed by atoms with van der Waals surface area (Å²) in [5, 5.41) is 2.92. The summed E-state index contributed by atoms with van der Waals surface area (Å²) in [4.78, 5) is 0. The SMILES string of the molecule is Fc1cc(F)c(C2CCN2)cc1F. The molecule has 0 radical (unpaired) electrons. The second kappa shape index (κ2) is 3.03. The molecule has 1 N–H and O–H groups in total. The molecule has 1 aromatic carbocycles. The lowest BCUT2D eigenvalue weighted by atomic mass is 9.97. The largest absolute Gasteiger partial charge is 0.310 e. The Morgan fingerprint density at radius 1 is 1.08 bits per heavy atom. The molecule has 4 heteroatoms. The van der Waals surface area contributed by atoms with E-state index in [1.807, 2.05) is 0 Å². The summed E-state index contributed by atoms with van der Waals surface area (Å²) >= 11 is 0. The van der Waals surface area contributed by atoms with Crippen molar-refractivity contribution in [3.05, 3.63) is 35.1 Å². The van der Waals surface area contributed by atoms with Crippen LogP contribution in [0.5, 0.6) is 0 Å². The molecule has 1 aromatic rings. The first-order chi connectivity index (χ1) is 6.18. The molecule has 1 unspecified atom stereocenters. The molecule has 1 atom stereocenters. The van der Waals surface area contributed by atoms with Gasteiger partial charge in [-0.25, -0.2) is 13.2 Å². The molecule has 0 bridgehead atoms. The number of hydrogen-bond acceptors (Lipinski definition) is 1. The van der Waals surface area contributed by atoms with Crippen LogP contribution in [-0.4, -0.2) is 6.54 Å². The quantitative estimate of drug-likeness (QED) is 0.664. The van der Waals surface area contributed by atoms with Crippen LogP contribution < -0.4 is 5.32 Å². The van der Waals surface area contributed by atoms with Crippen molar-refractivity contribution >= 4 is 0 Å². The highest BCUT2D eigenvalue weighted by atomic mass is 19.2. The van der Waals surface area contributed by atoms with E-state index in [1.165, 1.54) is 0 Å². The molecule has 0 aliphatic carbocycles. The fourth-order valence-corrected chi connectivity index (χ4v) is 1.36. The first-order valence-electron chi connectivity index (χ1n) is 4.06. The number of hydrogen-bond donors (Lipinski definition) is 1. The number of nitrogens with one attached hydrogen (secondary N) is 1. The zero-order chi connectivity index (χ0) is 9.42. The number of benzene rings is 1. The van der Waals surface area contributed by atoms with E-state index in [0.29, 0.717) is 6.07 Å². The molecule has 0 aromatic heterocycles. The van der Waals surface area contributed by atoms with Crippen LogP contribution >= 0.6 is 0 Å². The Bertz CT molecular complexity index is 334. The molecule has 1 saturated heterocycles. The third kappa shape index (κ3) is 1.42. The lowest BCUT2D eigenvalue weighted by Crippen LogP contribution is -2.35. The van der Waals surface area contributed by atoms with Gasteiger partial charge in [-0.05, 0) is 19.0 Å². The van der Waals surface area contributed by atoms with Gasteiger partial charge >= 0.3 is 0 Å². The van der Waals surface area contributed by atoms with Gasteiger partial charge in [-0.3, -0.25) is 0 Å². The van der Waals surface area contributed by atoms with Crippen molar-refractivity contribution in [3.8, 4) is 0 Å². The fraction of sp³-hybridized carbons (Fsp3) is 0.333. The van der Waals surface area contributed by atoms with E-state index in [0.717, 1.165) is 19.0 Å². The highest BCUT2D eigenvalue weighted by Gasteiger charge is 2.23.